The number of imide groups is 1. The summed E-state index contributed by atoms with van der Waals surface area (Å²) in [6, 6.07) is 19.8. The van der Waals surface area contributed by atoms with E-state index in [0.717, 1.165) is 0 Å². The average Bonchev–Trinajstić information content (AvgIpc) is 3.34. The lowest BCUT2D eigenvalue weighted by Crippen LogP contribution is -2.53. The third kappa shape index (κ3) is 4.94. The largest absolute Gasteiger partial charge is 0.504 e. The second-order valence-electron chi connectivity index (χ2n) is 8.52. The van der Waals surface area contributed by atoms with Crippen LogP contribution in [-0.2, 0) is 15.2 Å². The van der Waals surface area contributed by atoms with E-state index < -0.39 is 29.2 Å². The normalized spacial score (nSPS) is 16.1. The Kier molecular flexibility index (Phi) is 6.95. The Morgan fingerprint density at radius 2 is 1.49 bits per heavy atom. The number of benzene rings is 3. The summed E-state index contributed by atoms with van der Waals surface area (Å²) < 4.78 is 0. The third-order valence-electron chi connectivity index (χ3n) is 6.26. The highest BCUT2D eigenvalue weighted by Gasteiger charge is 2.42. The minimum absolute atomic E-state index is 0.0991. The van der Waals surface area contributed by atoms with Crippen molar-refractivity contribution in [3.8, 4) is 11.5 Å². The molecule has 1 atom stereocenters. The summed E-state index contributed by atoms with van der Waals surface area (Å²) in [5.74, 6) is -2.54. The molecule has 35 heavy (non-hydrogen) atoms. The van der Waals surface area contributed by atoms with Gasteiger partial charge in [-0.15, -0.1) is 0 Å². The number of phenols is 2. The number of aliphatic hydroxyl groups is 1. The maximum atomic E-state index is 13.3. The van der Waals surface area contributed by atoms with Crippen LogP contribution in [0.5, 0.6) is 11.5 Å². The van der Waals surface area contributed by atoms with Crippen molar-refractivity contribution in [3.63, 3.8) is 0 Å². The van der Waals surface area contributed by atoms with E-state index in [0.29, 0.717) is 30.5 Å². The van der Waals surface area contributed by atoms with E-state index in [1.165, 1.54) is 18.2 Å². The Morgan fingerprint density at radius 3 is 2.06 bits per heavy atom. The van der Waals surface area contributed by atoms with Gasteiger partial charge in [-0.1, -0.05) is 60.7 Å². The maximum Gasteiger partial charge on any atom is 0.267 e. The number of amides is 2. The molecule has 180 valence electrons. The Morgan fingerprint density at radius 1 is 0.886 bits per heavy atom. The average molecular weight is 475 g/mol. The molecule has 4 rings (SSSR count). The monoisotopic (exact) mass is 474 g/mol. The van der Waals surface area contributed by atoms with Gasteiger partial charge in [0.2, 0.25) is 5.91 Å². The lowest BCUT2D eigenvalue weighted by molar-refractivity contribution is -0.142. The van der Waals surface area contributed by atoms with Gasteiger partial charge in [0, 0.05) is 5.56 Å². The van der Waals surface area contributed by atoms with E-state index in [-0.39, 0.29) is 23.6 Å². The zero-order valence-electron chi connectivity index (χ0n) is 18.9. The van der Waals surface area contributed by atoms with Crippen LogP contribution in [0.1, 0.15) is 34.3 Å². The van der Waals surface area contributed by atoms with Crippen LogP contribution in [0.2, 0.25) is 0 Å². The van der Waals surface area contributed by atoms with E-state index >= 15 is 0 Å². The van der Waals surface area contributed by atoms with E-state index in [1.807, 2.05) is 0 Å². The van der Waals surface area contributed by atoms with Gasteiger partial charge in [-0.2, -0.15) is 0 Å². The second kappa shape index (κ2) is 10.1. The summed E-state index contributed by atoms with van der Waals surface area (Å²) in [5, 5.41) is 33.0. The number of ketones is 1. The molecule has 3 aromatic carbocycles. The van der Waals surface area contributed by atoms with Crippen molar-refractivity contribution in [1.82, 2.24) is 10.2 Å². The van der Waals surface area contributed by atoms with Gasteiger partial charge < -0.3 is 15.3 Å². The molecule has 3 aromatic rings. The molecule has 0 unspecified atom stereocenters. The fraction of sp³-hybridized carbons (Fsp3) is 0.222. The van der Waals surface area contributed by atoms with E-state index in [2.05, 4.69) is 5.32 Å². The maximum absolute atomic E-state index is 13.3. The molecular formula is C27H26N2O6. The standard InChI is InChI=1S/C27H26N2O6/c30-22-14-13-18(16-23(22)31)24(32)17-29-15-7-12-21(29)25(33)28-26(34)27(35,19-8-3-1-4-9-19)20-10-5-2-6-11-20/h1-6,8-11,13-14,16,21,30-31,35H,7,12,15,17H2,(H,28,33,34)/t21-/m0/s1. The molecule has 1 aliphatic rings. The Labute approximate surface area is 202 Å². The van der Waals surface area contributed by atoms with Crippen LogP contribution in [0.25, 0.3) is 0 Å². The van der Waals surface area contributed by atoms with Crippen molar-refractivity contribution < 1.29 is 29.7 Å². The smallest absolute Gasteiger partial charge is 0.267 e. The van der Waals surface area contributed by atoms with Crippen molar-refractivity contribution in [2.24, 2.45) is 0 Å². The molecule has 0 aromatic heterocycles. The van der Waals surface area contributed by atoms with Crippen LogP contribution >= 0.6 is 0 Å². The minimum atomic E-state index is -2.08. The molecule has 0 saturated carbocycles. The number of carbonyl (C=O) groups is 3. The van der Waals surface area contributed by atoms with Gasteiger partial charge in [0.15, 0.2) is 22.9 Å². The molecule has 4 N–H and O–H groups in total. The van der Waals surface area contributed by atoms with Gasteiger partial charge in [-0.05, 0) is 48.7 Å². The molecule has 8 heteroatoms. The minimum Gasteiger partial charge on any atom is -0.504 e. The fourth-order valence-corrected chi connectivity index (χ4v) is 4.36. The van der Waals surface area contributed by atoms with E-state index in [4.69, 9.17) is 0 Å². The van der Waals surface area contributed by atoms with Gasteiger partial charge in [-0.3, -0.25) is 24.6 Å². The van der Waals surface area contributed by atoms with Crippen molar-refractivity contribution in [3.05, 3.63) is 95.6 Å². The number of rotatable bonds is 7. The molecule has 8 nitrogen and oxygen atoms in total. The lowest BCUT2D eigenvalue weighted by atomic mass is 9.85. The van der Waals surface area contributed by atoms with Crippen LogP contribution in [0.15, 0.2) is 78.9 Å². The van der Waals surface area contributed by atoms with Crippen molar-refractivity contribution in [2.75, 3.05) is 13.1 Å². The van der Waals surface area contributed by atoms with Crippen LogP contribution in [-0.4, -0.2) is 56.9 Å². The SMILES string of the molecule is O=C(CN1CCC[C@H]1C(=O)NC(=O)C(O)(c1ccccc1)c1ccccc1)c1ccc(O)c(O)c1. The van der Waals surface area contributed by atoms with Crippen molar-refractivity contribution in [1.29, 1.82) is 0 Å². The molecule has 2 amide bonds. The molecule has 0 spiro atoms. The molecular weight excluding hydrogens is 448 g/mol. The molecule has 1 aliphatic heterocycles. The van der Waals surface area contributed by atoms with Crippen molar-refractivity contribution in [2.45, 2.75) is 24.5 Å². The summed E-state index contributed by atoms with van der Waals surface area (Å²) in [4.78, 5) is 40.8. The van der Waals surface area contributed by atoms with Crippen LogP contribution in [0.3, 0.4) is 0 Å². The summed E-state index contributed by atoms with van der Waals surface area (Å²) in [5.41, 5.74) is -1.24. The van der Waals surface area contributed by atoms with Crippen LogP contribution in [0, 0.1) is 0 Å². The predicted molar refractivity (Wildman–Crippen MR) is 128 cm³/mol. The molecule has 0 aliphatic carbocycles. The van der Waals surface area contributed by atoms with Crippen molar-refractivity contribution >= 4 is 17.6 Å². The fourth-order valence-electron chi connectivity index (χ4n) is 4.36. The Hall–Kier alpha value is -4.01. The highest BCUT2D eigenvalue weighted by atomic mass is 16.3. The number of nitrogens with one attached hydrogen (secondary N) is 1. The number of carbonyl (C=O) groups excluding carboxylic acids is 3. The van der Waals surface area contributed by atoms with Gasteiger partial charge in [0.05, 0.1) is 12.6 Å². The highest BCUT2D eigenvalue weighted by Crippen LogP contribution is 2.30. The molecule has 0 radical (unpaired) electrons. The highest BCUT2D eigenvalue weighted by molar-refractivity contribution is 6.04. The third-order valence-corrected chi connectivity index (χ3v) is 6.26. The van der Waals surface area contributed by atoms with Gasteiger partial charge >= 0.3 is 0 Å². The first kappa shape index (κ1) is 24.1. The molecule has 1 saturated heterocycles. The number of nitrogens with zero attached hydrogens (tertiary/aromatic N) is 1. The first-order valence-electron chi connectivity index (χ1n) is 11.3. The number of aromatic hydroxyl groups is 2. The summed E-state index contributed by atoms with van der Waals surface area (Å²) >= 11 is 0. The first-order chi connectivity index (χ1) is 16.8. The van der Waals surface area contributed by atoms with Gasteiger partial charge in [-0.25, -0.2) is 0 Å². The first-order valence-corrected chi connectivity index (χ1v) is 11.3. The zero-order valence-corrected chi connectivity index (χ0v) is 18.9. The lowest BCUT2D eigenvalue weighted by Gasteiger charge is -2.29. The molecule has 1 fully saturated rings. The van der Waals surface area contributed by atoms with Crippen LogP contribution < -0.4 is 5.32 Å². The topological polar surface area (TPSA) is 127 Å². The predicted octanol–water partition coefficient (Wildman–Crippen LogP) is 2.32. The Balaban J connectivity index is 1.51. The van der Waals surface area contributed by atoms with E-state index in [1.54, 1.807) is 65.6 Å². The number of Topliss-reactive ketones (excluding diaryl/α,β-unsaturated/α-hetero) is 1. The number of likely N-dealkylation sites (tertiary alicyclic amines) is 1. The van der Waals surface area contributed by atoms with Crippen LogP contribution in [0.4, 0.5) is 0 Å². The molecule has 0 bridgehead atoms. The summed E-state index contributed by atoms with van der Waals surface area (Å²) in [7, 11) is 0. The quantitative estimate of drug-likeness (QED) is 0.306. The summed E-state index contributed by atoms with van der Waals surface area (Å²) in [6.45, 7) is 0.377. The van der Waals surface area contributed by atoms with Gasteiger partial charge in [0.1, 0.15) is 0 Å². The number of hydrogen-bond donors (Lipinski definition) is 4. The number of phenolic OH excluding ortho intramolecular Hbond substituents is 2. The Bertz CT molecular complexity index is 1190. The second-order valence-corrected chi connectivity index (χ2v) is 8.52. The zero-order chi connectivity index (χ0) is 25.0. The van der Waals surface area contributed by atoms with Gasteiger partial charge in [0.25, 0.3) is 5.91 Å². The van der Waals surface area contributed by atoms with E-state index in [9.17, 15) is 29.7 Å². The summed E-state index contributed by atoms with van der Waals surface area (Å²) in [6.07, 6.45) is 1.10. The number of hydrogen-bond acceptors (Lipinski definition) is 7. The molecule has 1 heterocycles.